The third-order valence-electron chi connectivity index (χ3n) is 6.12. The Morgan fingerprint density at radius 1 is 1.10 bits per heavy atom. The summed E-state index contributed by atoms with van der Waals surface area (Å²) in [4.78, 5) is 0. The zero-order valence-corrected chi connectivity index (χ0v) is 22.7. The predicted molar refractivity (Wildman–Crippen MR) is 124 cm³/mol. The molecule has 1 saturated carbocycles. The maximum absolute atomic E-state index is 9.78. The molecule has 3 rings (SSSR count). The summed E-state index contributed by atoms with van der Waals surface area (Å²) in [7, 11) is 0. The van der Waals surface area contributed by atoms with Crippen LogP contribution in [0.1, 0.15) is 96.2 Å². The number of fused-ring (bicyclic) bond motifs is 1. The topological polar surface area (TPSA) is 66.6 Å². The Kier molecular flexibility index (Phi) is 17.8. The number of aliphatic hydroxyl groups excluding tert-OH is 1. The zero-order valence-electron chi connectivity index (χ0n) is 19.9. The van der Waals surface area contributed by atoms with E-state index < -0.39 is 5.60 Å². The van der Waals surface area contributed by atoms with E-state index in [1.165, 1.54) is 37.7 Å². The van der Waals surface area contributed by atoms with Crippen LogP contribution < -0.4 is 5.32 Å². The van der Waals surface area contributed by atoms with E-state index in [1.54, 1.807) is 5.56 Å². The molecule has 1 radical (unpaired) electrons. The summed E-state index contributed by atoms with van der Waals surface area (Å²) in [6.45, 7) is 9.45. The average Bonchev–Trinajstić information content (AvgIpc) is 2.80. The van der Waals surface area contributed by atoms with Crippen LogP contribution in [-0.4, -0.2) is 35.6 Å². The van der Waals surface area contributed by atoms with Gasteiger partial charge in [0.05, 0.1) is 12.3 Å². The minimum Gasteiger partial charge on any atom is -0.655 e. The first-order valence-electron chi connectivity index (χ1n) is 11.9. The van der Waals surface area contributed by atoms with Gasteiger partial charge < -0.3 is 15.5 Å². The first kappa shape index (κ1) is 30.2. The Balaban J connectivity index is 0.000000536. The molecular weight excluding hydrogens is 449 g/mol. The van der Waals surface area contributed by atoms with Gasteiger partial charge in [0.15, 0.2) is 0 Å². The number of rotatable bonds is 7. The number of benzene rings is 1. The van der Waals surface area contributed by atoms with Crippen molar-refractivity contribution in [1.82, 2.24) is 5.32 Å². The molecule has 0 amide bonds. The summed E-state index contributed by atoms with van der Waals surface area (Å²) in [5.74, 6) is 0.829. The molecule has 2 unspecified atom stereocenters. The first-order valence-corrected chi connectivity index (χ1v) is 11.9. The fourth-order valence-electron chi connectivity index (χ4n) is 4.47. The standard InChI is InChI=1S/C15H20N.C8H19NO2.C2H6.Y/c1-2-7-13(8-3-1)15-14-9-5-4-6-12(14)10-11-16-15;1-3-5-8(11,4-2)6-9-7-10;1-2;/h4-6,9,13,15H,1-3,7-8,10-11H2;9-11H,3-7H2,1-2H3;1-2H3;/q-1;;;. The van der Waals surface area contributed by atoms with Crippen molar-refractivity contribution in [2.45, 2.75) is 97.1 Å². The maximum Gasteiger partial charge on any atom is 0.0932 e. The van der Waals surface area contributed by atoms with Crippen LogP contribution in [0.2, 0.25) is 0 Å². The van der Waals surface area contributed by atoms with Gasteiger partial charge in [0, 0.05) is 39.3 Å². The van der Waals surface area contributed by atoms with Crippen molar-refractivity contribution in [3.05, 3.63) is 40.7 Å². The molecule has 1 aromatic carbocycles. The van der Waals surface area contributed by atoms with E-state index in [9.17, 15) is 5.11 Å². The van der Waals surface area contributed by atoms with Crippen LogP contribution in [0, 0.1) is 5.92 Å². The molecule has 1 heterocycles. The maximum atomic E-state index is 9.78. The number of aliphatic hydroxyl groups is 2. The molecule has 4 nitrogen and oxygen atoms in total. The van der Waals surface area contributed by atoms with Gasteiger partial charge in [-0.3, -0.25) is 5.32 Å². The Bertz CT molecular complexity index is 538. The molecule has 1 aliphatic carbocycles. The second kappa shape index (κ2) is 17.7. The van der Waals surface area contributed by atoms with Gasteiger partial charge in [0.1, 0.15) is 0 Å². The molecule has 5 heteroatoms. The van der Waals surface area contributed by atoms with Crippen molar-refractivity contribution in [1.29, 1.82) is 0 Å². The van der Waals surface area contributed by atoms with Gasteiger partial charge in [-0.25, -0.2) is 0 Å². The van der Waals surface area contributed by atoms with Gasteiger partial charge in [0.2, 0.25) is 0 Å². The Morgan fingerprint density at radius 3 is 2.37 bits per heavy atom. The van der Waals surface area contributed by atoms with Crippen LogP contribution >= 0.6 is 0 Å². The van der Waals surface area contributed by atoms with Gasteiger partial charge in [0.25, 0.3) is 0 Å². The quantitative estimate of drug-likeness (QED) is 0.424. The Hall–Kier alpha value is 0.164. The van der Waals surface area contributed by atoms with Crippen molar-refractivity contribution in [3.63, 3.8) is 0 Å². The smallest absolute Gasteiger partial charge is 0.0932 e. The van der Waals surface area contributed by atoms with Crippen LogP contribution in [0.25, 0.3) is 5.32 Å². The minimum atomic E-state index is -0.627. The fraction of sp³-hybridized carbons (Fsp3) is 0.760. The van der Waals surface area contributed by atoms with Crippen LogP contribution in [0.4, 0.5) is 0 Å². The third-order valence-corrected chi connectivity index (χ3v) is 6.12. The summed E-state index contributed by atoms with van der Waals surface area (Å²) in [5, 5.41) is 25.9. The largest absolute Gasteiger partial charge is 0.655 e. The van der Waals surface area contributed by atoms with Gasteiger partial charge in [-0.05, 0) is 24.8 Å². The van der Waals surface area contributed by atoms with Gasteiger partial charge in [-0.15, -0.1) is 12.6 Å². The molecule has 0 bridgehead atoms. The SMILES string of the molecule is CC.CCCC(O)(CC)CNCO.[Y].c1ccc2c(c1)CC[N-]C2C1CCCCC1. The van der Waals surface area contributed by atoms with Crippen LogP contribution in [0.3, 0.4) is 0 Å². The molecule has 1 aliphatic heterocycles. The molecular formula is C25H45N2O2Y-. The summed E-state index contributed by atoms with van der Waals surface area (Å²) in [5.41, 5.74) is 2.45. The molecule has 171 valence electrons. The van der Waals surface area contributed by atoms with Gasteiger partial charge >= 0.3 is 0 Å². The molecule has 2 aliphatic rings. The second-order valence-electron chi connectivity index (χ2n) is 8.11. The number of hydrogen-bond acceptors (Lipinski definition) is 3. The van der Waals surface area contributed by atoms with E-state index in [1.807, 2.05) is 27.7 Å². The summed E-state index contributed by atoms with van der Waals surface area (Å²) in [6, 6.07) is 9.46. The van der Waals surface area contributed by atoms with E-state index >= 15 is 0 Å². The molecule has 0 saturated heterocycles. The summed E-state index contributed by atoms with van der Waals surface area (Å²) >= 11 is 0. The summed E-state index contributed by atoms with van der Waals surface area (Å²) in [6.07, 6.45) is 10.7. The Labute approximate surface area is 210 Å². The van der Waals surface area contributed by atoms with Crippen molar-refractivity contribution in [2.75, 3.05) is 19.8 Å². The molecule has 0 aromatic heterocycles. The first-order chi connectivity index (χ1) is 14.1. The van der Waals surface area contributed by atoms with E-state index in [2.05, 4.69) is 29.6 Å². The monoisotopic (exact) mass is 494 g/mol. The van der Waals surface area contributed by atoms with Gasteiger partial charge in [-0.2, -0.15) is 0 Å². The van der Waals surface area contributed by atoms with Crippen LogP contribution in [0.5, 0.6) is 0 Å². The molecule has 30 heavy (non-hydrogen) atoms. The molecule has 1 aromatic rings. The predicted octanol–water partition coefficient (Wildman–Crippen LogP) is 5.73. The van der Waals surface area contributed by atoms with Crippen molar-refractivity contribution < 1.29 is 42.9 Å². The zero-order chi connectivity index (χ0) is 21.5. The van der Waals surface area contributed by atoms with Crippen molar-refractivity contribution in [2.24, 2.45) is 5.92 Å². The van der Waals surface area contributed by atoms with E-state index in [-0.39, 0.29) is 39.4 Å². The molecule has 1 fully saturated rings. The Morgan fingerprint density at radius 2 is 1.77 bits per heavy atom. The van der Waals surface area contributed by atoms with Crippen LogP contribution in [-0.2, 0) is 39.1 Å². The third kappa shape index (κ3) is 10.2. The van der Waals surface area contributed by atoms with Crippen LogP contribution in [0.15, 0.2) is 24.3 Å². The number of hydrogen-bond donors (Lipinski definition) is 3. The van der Waals surface area contributed by atoms with Gasteiger partial charge in [-0.1, -0.05) is 102 Å². The average molecular weight is 495 g/mol. The fourth-order valence-corrected chi connectivity index (χ4v) is 4.47. The summed E-state index contributed by atoms with van der Waals surface area (Å²) < 4.78 is 0. The van der Waals surface area contributed by atoms with Crippen molar-refractivity contribution >= 4 is 0 Å². The van der Waals surface area contributed by atoms with E-state index in [0.717, 1.165) is 38.1 Å². The minimum absolute atomic E-state index is 0. The molecule has 0 spiro atoms. The van der Waals surface area contributed by atoms with E-state index in [4.69, 9.17) is 10.4 Å². The second-order valence-corrected chi connectivity index (χ2v) is 8.11. The molecule has 3 N–H and O–H groups in total. The normalized spacial score (nSPS) is 20.3. The van der Waals surface area contributed by atoms with Crippen molar-refractivity contribution in [3.8, 4) is 0 Å². The number of nitrogens with zero attached hydrogens (tertiary/aromatic N) is 1. The number of nitrogens with one attached hydrogen (secondary N) is 1. The van der Waals surface area contributed by atoms with E-state index in [0.29, 0.717) is 12.6 Å². The molecule has 2 atom stereocenters.